The minimum Gasteiger partial charge on any atom is -0.390 e. The maximum Gasteiger partial charge on any atom is 0.220 e. The van der Waals surface area contributed by atoms with Crippen molar-refractivity contribution in [3.63, 3.8) is 0 Å². The van der Waals surface area contributed by atoms with Crippen LogP contribution in [0.25, 0.3) is 0 Å². The number of hydrogen-bond acceptors (Lipinski definition) is 4. The molecule has 1 unspecified atom stereocenters. The number of nitrogens with zero attached hydrogens (tertiary/aromatic N) is 2. The summed E-state index contributed by atoms with van der Waals surface area (Å²) < 4.78 is 1.70. The molecule has 1 aliphatic rings. The summed E-state index contributed by atoms with van der Waals surface area (Å²) in [6.45, 7) is 1.75. The van der Waals surface area contributed by atoms with E-state index in [-0.39, 0.29) is 5.91 Å². The normalized spacial score (nSPS) is 16.3. The number of aliphatic hydroxyl groups excluding tert-OH is 1. The molecule has 19 heavy (non-hydrogen) atoms. The molecule has 0 radical (unpaired) electrons. The fourth-order valence-electron chi connectivity index (χ4n) is 1.86. The van der Waals surface area contributed by atoms with E-state index in [0.717, 1.165) is 25.8 Å². The largest absolute Gasteiger partial charge is 0.390 e. The van der Waals surface area contributed by atoms with Crippen molar-refractivity contribution in [2.45, 2.75) is 44.4 Å². The highest BCUT2D eigenvalue weighted by molar-refractivity contribution is 5.76. The summed E-state index contributed by atoms with van der Waals surface area (Å²) >= 11 is 0. The van der Waals surface area contributed by atoms with Gasteiger partial charge >= 0.3 is 0 Å². The number of amides is 1. The Morgan fingerprint density at radius 2 is 2.37 bits per heavy atom. The molecule has 0 aliphatic heterocycles. The quantitative estimate of drug-likeness (QED) is 0.545. The van der Waals surface area contributed by atoms with Crippen LogP contribution in [-0.4, -0.2) is 46.0 Å². The van der Waals surface area contributed by atoms with Crippen LogP contribution in [-0.2, 0) is 11.3 Å². The first-order valence-corrected chi connectivity index (χ1v) is 6.89. The third-order valence-corrected chi connectivity index (χ3v) is 3.04. The zero-order valence-corrected chi connectivity index (χ0v) is 11.1. The van der Waals surface area contributed by atoms with Crippen LogP contribution in [0.15, 0.2) is 18.5 Å². The molecule has 0 spiro atoms. The Hall–Kier alpha value is -1.40. The van der Waals surface area contributed by atoms with Gasteiger partial charge in [0.1, 0.15) is 0 Å². The van der Waals surface area contributed by atoms with Crippen molar-refractivity contribution in [1.82, 2.24) is 20.4 Å². The summed E-state index contributed by atoms with van der Waals surface area (Å²) in [7, 11) is 0. The first kappa shape index (κ1) is 14.0. The molecule has 0 bridgehead atoms. The molecular weight excluding hydrogens is 244 g/mol. The lowest BCUT2D eigenvalue weighted by atomic mass is 10.2. The first-order valence-electron chi connectivity index (χ1n) is 6.89. The van der Waals surface area contributed by atoms with Gasteiger partial charge in [0.05, 0.1) is 12.6 Å². The summed E-state index contributed by atoms with van der Waals surface area (Å²) in [4.78, 5) is 11.4. The molecule has 1 fully saturated rings. The van der Waals surface area contributed by atoms with Gasteiger partial charge in [0, 0.05) is 31.4 Å². The molecule has 1 amide bonds. The molecule has 2 rings (SSSR count). The zero-order chi connectivity index (χ0) is 13.5. The van der Waals surface area contributed by atoms with Crippen LogP contribution in [0.2, 0.25) is 0 Å². The van der Waals surface area contributed by atoms with Crippen LogP contribution in [0.1, 0.15) is 25.7 Å². The van der Waals surface area contributed by atoms with Crippen molar-refractivity contribution in [2.24, 2.45) is 0 Å². The van der Waals surface area contributed by atoms with Crippen LogP contribution in [0.5, 0.6) is 0 Å². The van der Waals surface area contributed by atoms with Gasteiger partial charge in [-0.25, -0.2) is 0 Å². The number of nitrogens with one attached hydrogen (secondary N) is 2. The monoisotopic (exact) mass is 266 g/mol. The Balaban J connectivity index is 1.45. The number of carbonyl (C=O) groups is 1. The summed E-state index contributed by atoms with van der Waals surface area (Å²) in [5.41, 5.74) is 0. The number of aromatic nitrogens is 2. The summed E-state index contributed by atoms with van der Waals surface area (Å²) in [6.07, 6.45) is 6.67. The molecule has 1 aromatic rings. The Morgan fingerprint density at radius 3 is 3.05 bits per heavy atom. The average molecular weight is 266 g/mol. The highest BCUT2D eigenvalue weighted by Crippen LogP contribution is 2.18. The Bertz CT molecular complexity index is 376. The summed E-state index contributed by atoms with van der Waals surface area (Å²) in [6, 6.07) is 2.27. The number of rotatable bonds is 9. The van der Waals surface area contributed by atoms with Crippen molar-refractivity contribution in [2.75, 3.05) is 13.1 Å². The summed E-state index contributed by atoms with van der Waals surface area (Å²) in [5.74, 6) is 0.140. The summed E-state index contributed by atoms with van der Waals surface area (Å²) in [5, 5.41) is 19.9. The first-order chi connectivity index (χ1) is 9.24. The van der Waals surface area contributed by atoms with E-state index >= 15 is 0 Å². The van der Waals surface area contributed by atoms with E-state index in [9.17, 15) is 9.90 Å². The van der Waals surface area contributed by atoms with Crippen LogP contribution in [0.3, 0.4) is 0 Å². The smallest absolute Gasteiger partial charge is 0.220 e. The second-order valence-corrected chi connectivity index (χ2v) is 5.03. The van der Waals surface area contributed by atoms with Gasteiger partial charge in [-0.05, 0) is 31.9 Å². The number of hydrogen-bond donors (Lipinski definition) is 3. The minimum atomic E-state index is -0.458. The van der Waals surface area contributed by atoms with Crippen LogP contribution in [0.4, 0.5) is 0 Å². The highest BCUT2D eigenvalue weighted by Gasteiger charge is 2.22. The van der Waals surface area contributed by atoms with E-state index in [1.165, 1.54) is 0 Å². The van der Waals surface area contributed by atoms with Gasteiger partial charge in [0.2, 0.25) is 5.91 Å². The standard InChI is InChI=1S/C13H22N4O2/c18-12(10-17-8-2-7-15-17)9-14-6-1-3-13(19)16-11-4-5-11/h2,7-8,11-12,14,18H,1,3-6,9-10H2,(H,16,19). The second kappa shape index (κ2) is 7.25. The van der Waals surface area contributed by atoms with E-state index in [1.54, 1.807) is 10.9 Å². The van der Waals surface area contributed by atoms with Crippen molar-refractivity contribution >= 4 is 5.91 Å². The van der Waals surface area contributed by atoms with Crippen LogP contribution >= 0.6 is 0 Å². The minimum absolute atomic E-state index is 0.140. The van der Waals surface area contributed by atoms with Gasteiger partial charge in [0.25, 0.3) is 0 Å². The zero-order valence-electron chi connectivity index (χ0n) is 11.1. The van der Waals surface area contributed by atoms with E-state index in [2.05, 4.69) is 15.7 Å². The number of aliphatic hydroxyl groups is 1. The SMILES string of the molecule is O=C(CCCNCC(O)Cn1cccn1)NC1CC1. The Labute approximate surface area is 113 Å². The molecule has 1 atom stereocenters. The maximum atomic E-state index is 11.4. The fourth-order valence-corrected chi connectivity index (χ4v) is 1.86. The molecule has 0 aromatic carbocycles. The molecule has 106 valence electrons. The second-order valence-electron chi connectivity index (χ2n) is 5.03. The third-order valence-electron chi connectivity index (χ3n) is 3.04. The predicted octanol–water partition coefficient (Wildman–Crippen LogP) is -0.108. The average Bonchev–Trinajstić information content (AvgIpc) is 3.03. The molecule has 6 heteroatoms. The topological polar surface area (TPSA) is 79.2 Å². The van der Waals surface area contributed by atoms with Gasteiger partial charge in [-0.3, -0.25) is 9.48 Å². The molecule has 1 aliphatic carbocycles. The number of carbonyl (C=O) groups excluding carboxylic acids is 1. The van der Waals surface area contributed by atoms with Crippen LogP contribution < -0.4 is 10.6 Å². The van der Waals surface area contributed by atoms with Gasteiger partial charge in [-0.1, -0.05) is 0 Å². The molecule has 1 aromatic heterocycles. The third kappa shape index (κ3) is 5.85. The van der Waals surface area contributed by atoms with Crippen molar-refractivity contribution in [3.05, 3.63) is 18.5 Å². The molecule has 1 saturated carbocycles. The fraction of sp³-hybridized carbons (Fsp3) is 0.692. The molecule has 1 heterocycles. The van der Waals surface area contributed by atoms with E-state index < -0.39 is 6.10 Å². The van der Waals surface area contributed by atoms with E-state index in [1.807, 2.05) is 12.3 Å². The lowest BCUT2D eigenvalue weighted by molar-refractivity contribution is -0.121. The highest BCUT2D eigenvalue weighted by atomic mass is 16.3. The molecular formula is C13H22N4O2. The van der Waals surface area contributed by atoms with Crippen LogP contribution in [0, 0.1) is 0 Å². The van der Waals surface area contributed by atoms with Gasteiger partial charge < -0.3 is 15.7 Å². The van der Waals surface area contributed by atoms with E-state index in [0.29, 0.717) is 25.6 Å². The van der Waals surface area contributed by atoms with Gasteiger partial charge in [0.15, 0.2) is 0 Å². The Kier molecular flexibility index (Phi) is 5.35. The predicted molar refractivity (Wildman–Crippen MR) is 71.5 cm³/mol. The van der Waals surface area contributed by atoms with Crippen molar-refractivity contribution in [3.8, 4) is 0 Å². The Morgan fingerprint density at radius 1 is 1.53 bits per heavy atom. The molecule has 6 nitrogen and oxygen atoms in total. The van der Waals surface area contributed by atoms with Gasteiger partial charge in [-0.2, -0.15) is 5.10 Å². The maximum absolute atomic E-state index is 11.4. The lowest BCUT2D eigenvalue weighted by Gasteiger charge is -2.11. The van der Waals surface area contributed by atoms with Crippen molar-refractivity contribution in [1.29, 1.82) is 0 Å². The lowest BCUT2D eigenvalue weighted by Crippen LogP contribution is -2.32. The molecule has 3 N–H and O–H groups in total. The van der Waals surface area contributed by atoms with Gasteiger partial charge in [-0.15, -0.1) is 0 Å². The van der Waals surface area contributed by atoms with E-state index in [4.69, 9.17) is 0 Å². The van der Waals surface area contributed by atoms with Crippen molar-refractivity contribution < 1.29 is 9.90 Å². The molecule has 0 saturated heterocycles.